The third-order valence-electron chi connectivity index (χ3n) is 5.22. The lowest BCUT2D eigenvalue weighted by Crippen LogP contribution is -2.41. The Labute approximate surface area is 201 Å². The largest absolute Gasteiger partial charge is 0.462 e. The first-order valence-electron chi connectivity index (χ1n) is 10.2. The number of sulfonamides is 1. The van der Waals surface area contributed by atoms with E-state index in [-0.39, 0.29) is 42.3 Å². The highest BCUT2D eigenvalue weighted by Gasteiger charge is 2.31. The quantitative estimate of drug-likeness (QED) is 0.521. The van der Waals surface area contributed by atoms with Gasteiger partial charge in [-0.05, 0) is 55.7 Å². The zero-order valence-corrected chi connectivity index (χ0v) is 20.7. The molecule has 1 heterocycles. The normalized spacial score (nSPS) is 15.3. The second-order valence-electron chi connectivity index (χ2n) is 7.46. The van der Waals surface area contributed by atoms with Crippen LogP contribution in [-0.4, -0.2) is 44.3 Å². The van der Waals surface area contributed by atoms with Crippen molar-refractivity contribution in [2.75, 3.05) is 25.0 Å². The number of anilines is 1. The van der Waals surface area contributed by atoms with Crippen LogP contribution in [0.25, 0.3) is 0 Å². The molecule has 1 aliphatic heterocycles. The number of benzene rings is 2. The minimum atomic E-state index is -3.46. The van der Waals surface area contributed by atoms with E-state index in [0.29, 0.717) is 29.7 Å². The van der Waals surface area contributed by atoms with E-state index in [1.807, 2.05) is 12.1 Å². The number of hydrogen-bond acceptors (Lipinski definition) is 5. The monoisotopic (exact) mass is 542 g/mol. The molecule has 0 unspecified atom stereocenters. The second-order valence-corrected chi connectivity index (χ2v) is 10.8. The summed E-state index contributed by atoms with van der Waals surface area (Å²) in [5.41, 5.74) is 1.42. The van der Waals surface area contributed by atoms with Gasteiger partial charge in [0.15, 0.2) is 0 Å². The summed E-state index contributed by atoms with van der Waals surface area (Å²) in [4.78, 5) is 24.5. The van der Waals surface area contributed by atoms with E-state index in [0.717, 1.165) is 4.47 Å². The molecule has 1 amide bonds. The van der Waals surface area contributed by atoms with E-state index in [1.54, 1.807) is 25.1 Å². The van der Waals surface area contributed by atoms with Crippen molar-refractivity contribution in [3.63, 3.8) is 0 Å². The molecular weight excluding hydrogens is 520 g/mol. The first-order chi connectivity index (χ1) is 15.2. The van der Waals surface area contributed by atoms with Crippen molar-refractivity contribution in [3.05, 3.63) is 63.1 Å². The number of hydrogen-bond donors (Lipinski definition) is 1. The molecular formula is C22H24BrClN2O5S. The molecule has 32 heavy (non-hydrogen) atoms. The van der Waals surface area contributed by atoms with Crippen LogP contribution >= 0.6 is 27.5 Å². The molecule has 0 atom stereocenters. The topological polar surface area (TPSA) is 92.8 Å². The standard InChI is InChI=1S/C22H24BrClN2O5S/c1-2-31-22(28)17-5-8-20(19(24)13-17)25-21(27)16-9-11-26(12-10-16)32(29,30)14-15-3-6-18(23)7-4-15/h3-8,13,16H,2,9-12,14H2,1H3,(H,25,27). The fraction of sp³-hybridized carbons (Fsp3) is 0.364. The molecule has 1 aliphatic rings. The fourth-order valence-electron chi connectivity index (χ4n) is 3.47. The van der Waals surface area contributed by atoms with Crippen LogP contribution in [0.2, 0.25) is 5.02 Å². The van der Waals surface area contributed by atoms with Crippen molar-refractivity contribution in [1.82, 2.24) is 4.31 Å². The summed E-state index contributed by atoms with van der Waals surface area (Å²) >= 11 is 9.55. The van der Waals surface area contributed by atoms with Crippen LogP contribution in [-0.2, 0) is 25.3 Å². The second kappa shape index (κ2) is 10.8. The molecule has 2 aromatic rings. The van der Waals surface area contributed by atoms with E-state index in [9.17, 15) is 18.0 Å². The third kappa shape index (κ3) is 6.31. The first-order valence-corrected chi connectivity index (χ1v) is 13.0. The molecule has 0 spiro atoms. The molecule has 0 saturated carbocycles. The molecule has 0 radical (unpaired) electrons. The van der Waals surface area contributed by atoms with E-state index in [4.69, 9.17) is 16.3 Å². The Kier molecular flexibility index (Phi) is 8.32. The lowest BCUT2D eigenvalue weighted by atomic mass is 9.97. The predicted molar refractivity (Wildman–Crippen MR) is 127 cm³/mol. The maximum Gasteiger partial charge on any atom is 0.338 e. The van der Waals surface area contributed by atoms with Gasteiger partial charge in [0.05, 0.1) is 28.6 Å². The minimum Gasteiger partial charge on any atom is -0.462 e. The van der Waals surface area contributed by atoms with Crippen molar-refractivity contribution >= 4 is 55.1 Å². The number of carbonyl (C=O) groups excluding carboxylic acids is 2. The van der Waals surface area contributed by atoms with Gasteiger partial charge in [0.25, 0.3) is 0 Å². The van der Waals surface area contributed by atoms with Crippen LogP contribution < -0.4 is 5.32 Å². The van der Waals surface area contributed by atoms with Gasteiger partial charge in [0.1, 0.15) is 0 Å². The average molecular weight is 544 g/mol. The van der Waals surface area contributed by atoms with Crippen molar-refractivity contribution < 1.29 is 22.7 Å². The Hall–Kier alpha value is -1.94. The minimum absolute atomic E-state index is 0.0699. The van der Waals surface area contributed by atoms with Crippen LogP contribution in [0.15, 0.2) is 46.9 Å². The van der Waals surface area contributed by atoms with Gasteiger partial charge in [-0.2, -0.15) is 0 Å². The number of piperidine rings is 1. The predicted octanol–water partition coefficient (Wildman–Crippen LogP) is 4.46. The van der Waals surface area contributed by atoms with Crippen LogP contribution in [0.1, 0.15) is 35.7 Å². The van der Waals surface area contributed by atoms with Crippen LogP contribution in [0.5, 0.6) is 0 Å². The molecule has 172 valence electrons. The summed E-state index contributed by atoms with van der Waals surface area (Å²) in [6, 6.07) is 11.7. The summed E-state index contributed by atoms with van der Waals surface area (Å²) in [5.74, 6) is -1.10. The number of ether oxygens (including phenoxy) is 1. The number of esters is 1. The van der Waals surface area contributed by atoms with E-state index in [2.05, 4.69) is 21.2 Å². The summed E-state index contributed by atoms with van der Waals surface area (Å²) in [5, 5.41) is 3.02. The Morgan fingerprint density at radius 3 is 2.41 bits per heavy atom. The van der Waals surface area contributed by atoms with Crippen molar-refractivity contribution in [2.24, 2.45) is 5.92 Å². The van der Waals surface area contributed by atoms with E-state index >= 15 is 0 Å². The molecule has 0 aliphatic carbocycles. The number of halogens is 2. The zero-order valence-electron chi connectivity index (χ0n) is 17.5. The molecule has 1 N–H and O–H groups in total. The number of rotatable bonds is 7. The highest BCUT2D eigenvalue weighted by Crippen LogP contribution is 2.27. The molecule has 7 nitrogen and oxygen atoms in total. The molecule has 0 bridgehead atoms. The van der Waals surface area contributed by atoms with Gasteiger partial charge in [0, 0.05) is 23.5 Å². The Bertz CT molecular complexity index is 1080. The van der Waals surface area contributed by atoms with Crippen molar-refractivity contribution in [1.29, 1.82) is 0 Å². The summed E-state index contributed by atoms with van der Waals surface area (Å²) in [7, 11) is -3.46. The zero-order chi connectivity index (χ0) is 23.3. The fourth-order valence-corrected chi connectivity index (χ4v) is 5.53. The average Bonchev–Trinajstić information content (AvgIpc) is 2.77. The summed E-state index contributed by atoms with van der Waals surface area (Å²) in [6.45, 7) is 2.54. The van der Waals surface area contributed by atoms with E-state index in [1.165, 1.54) is 16.4 Å². The SMILES string of the molecule is CCOC(=O)c1ccc(NC(=O)C2CCN(S(=O)(=O)Cc3ccc(Br)cc3)CC2)c(Cl)c1. The van der Waals surface area contributed by atoms with Gasteiger partial charge >= 0.3 is 5.97 Å². The lowest BCUT2D eigenvalue weighted by molar-refractivity contribution is -0.120. The molecule has 2 aromatic carbocycles. The molecule has 1 fully saturated rings. The number of amides is 1. The molecule has 0 aromatic heterocycles. The Balaban J connectivity index is 1.56. The van der Waals surface area contributed by atoms with Gasteiger partial charge in [-0.15, -0.1) is 0 Å². The van der Waals surface area contributed by atoms with Crippen LogP contribution in [0.3, 0.4) is 0 Å². The Morgan fingerprint density at radius 1 is 1.16 bits per heavy atom. The van der Waals surface area contributed by atoms with Crippen LogP contribution in [0, 0.1) is 5.92 Å². The molecule has 1 saturated heterocycles. The highest BCUT2D eigenvalue weighted by atomic mass is 79.9. The molecule has 10 heteroatoms. The van der Waals surface area contributed by atoms with Gasteiger partial charge in [-0.1, -0.05) is 39.7 Å². The van der Waals surface area contributed by atoms with Crippen molar-refractivity contribution in [3.8, 4) is 0 Å². The van der Waals surface area contributed by atoms with Gasteiger partial charge < -0.3 is 10.1 Å². The summed E-state index contributed by atoms with van der Waals surface area (Å²) in [6.07, 6.45) is 0.841. The summed E-state index contributed by atoms with van der Waals surface area (Å²) < 4.78 is 32.8. The Morgan fingerprint density at radius 2 is 1.81 bits per heavy atom. The first kappa shape index (κ1) is 24.7. The lowest BCUT2D eigenvalue weighted by Gasteiger charge is -2.30. The number of nitrogens with zero attached hydrogens (tertiary/aromatic N) is 1. The van der Waals surface area contributed by atoms with Gasteiger partial charge in [0.2, 0.25) is 15.9 Å². The van der Waals surface area contributed by atoms with Gasteiger partial charge in [-0.25, -0.2) is 17.5 Å². The maximum atomic E-state index is 12.7. The number of carbonyl (C=O) groups is 2. The number of nitrogens with one attached hydrogen (secondary N) is 1. The van der Waals surface area contributed by atoms with Crippen molar-refractivity contribution in [2.45, 2.75) is 25.5 Å². The smallest absolute Gasteiger partial charge is 0.338 e. The highest BCUT2D eigenvalue weighted by molar-refractivity contribution is 9.10. The van der Waals surface area contributed by atoms with E-state index < -0.39 is 16.0 Å². The molecule has 3 rings (SSSR count). The van der Waals surface area contributed by atoms with Crippen LogP contribution in [0.4, 0.5) is 5.69 Å². The maximum absolute atomic E-state index is 12.7. The third-order valence-corrected chi connectivity index (χ3v) is 7.91. The van der Waals surface area contributed by atoms with Gasteiger partial charge in [-0.3, -0.25) is 4.79 Å².